The SMILES string of the molecule is CCOC1=NN(c2ccc(S(=O)(=O)[O-])cc2)C(=O)C1.[Na+]. The van der Waals surface area contributed by atoms with Crippen LogP contribution in [-0.4, -0.2) is 31.4 Å². The fourth-order valence-corrected chi connectivity index (χ4v) is 2.08. The van der Waals surface area contributed by atoms with Crippen molar-refractivity contribution in [3.63, 3.8) is 0 Å². The van der Waals surface area contributed by atoms with Gasteiger partial charge in [-0.05, 0) is 31.2 Å². The number of carbonyl (C=O) groups excluding carboxylic acids is 1. The Morgan fingerprint density at radius 1 is 1.35 bits per heavy atom. The van der Waals surface area contributed by atoms with Crippen LogP contribution in [0.15, 0.2) is 34.3 Å². The van der Waals surface area contributed by atoms with E-state index in [-0.39, 0.29) is 46.8 Å². The third-order valence-electron chi connectivity index (χ3n) is 2.43. The van der Waals surface area contributed by atoms with Gasteiger partial charge in [0.15, 0.2) is 0 Å². The number of carbonyl (C=O) groups is 1. The summed E-state index contributed by atoms with van der Waals surface area (Å²) in [5.41, 5.74) is 0.382. The van der Waals surface area contributed by atoms with Crippen LogP contribution in [0.5, 0.6) is 0 Å². The van der Waals surface area contributed by atoms with Crippen molar-refractivity contribution < 1.29 is 52.1 Å². The molecule has 1 aliphatic rings. The topological polar surface area (TPSA) is 99.1 Å². The van der Waals surface area contributed by atoms with Gasteiger partial charge in [0.25, 0.3) is 5.91 Å². The Hall–Kier alpha value is -0.930. The quantitative estimate of drug-likeness (QED) is 0.461. The molecule has 0 bridgehead atoms. The van der Waals surface area contributed by atoms with Crippen molar-refractivity contribution >= 4 is 27.6 Å². The van der Waals surface area contributed by atoms with E-state index in [1.807, 2.05) is 0 Å². The molecule has 0 aliphatic carbocycles. The van der Waals surface area contributed by atoms with Crippen LogP contribution in [0, 0.1) is 0 Å². The van der Waals surface area contributed by atoms with Crippen molar-refractivity contribution in [1.82, 2.24) is 0 Å². The minimum absolute atomic E-state index is 0. The van der Waals surface area contributed by atoms with Crippen LogP contribution in [0.3, 0.4) is 0 Å². The number of hydrogen-bond acceptors (Lipinski definition) is 6. The smallest absolute Gasteiger partial charge is 0.744 e. The maximum Gasteiger partial charge on any atom is 1.00 e. The molecule has 2 rings (SSSR count). The van der Waals surface area contributed by atoms with Crippen LogP contribution in [0.25, 0.3) is 0 Å². The Labute approximate surface area is 138 Å². The molecule has 1 heterocycles. The Morgan fingerprint density at radius 2 is 1.95 bits per heavy atom. The van der Waals surface area contributed by atoms with E-state index >= 15 is 0 Å². The van der Waals surface area contributed by atoms with Gasteiger partial charge >= 0.3 is 29.6 Å². The third-order valence-corrected chi connectivity index (χ3v) is 3.28. The summed E-state index contributed by atoms with van der Waals surface area (Å²) in [5, 5.41) is 5.09. The molecule has 7 nitrogen and oxygen atoms in total. The molecule has 102 valence electrons. The van der Waals surface area contributed by atoms with E-state index in [0.29, 0.717) is 18.2 Å². The summed E-state index contributed by atoms with van der Waals surface area (Å²) in [4.78, 5) is 11.3. The van der Waals surface area contributed by atoms with Gasteiger partial charge in [0.1, 0.15) is 16.5 Å². The predicted octanol–water partition coefficient (Wildman–Crippen LogP) is -2.32. The predicted molar refractivity (Wildman–Crippen MR) is 65.6 cm³/mol. The van der Waals surface area contributed by atoms with E-state index in [4.69, 9.17) is 4.74 Å². The number of benzene rings is 1. The van der Waals surface area contributed by atoms with Crippen LogP contribution in [0.4, 0.5) is 5.69 Å². The summed E-state index contributed by atoms with van der Waals surface area (Å²) >= 11 is 0. The second-order valence-corrected chi connectivity index (χ2v) is 5.14. The second-order valence-electron chi connectivity index (χ2n) is 3.76. The van der Waals surface area contributed by atoms with Gasteiger partial charge < -0.3 is 9.29 Å². The molecule has 1 aliphatic heterocycles. The number of hydrogen-bond donors (Lipinski definition) is 0. The van der Waals surface area contributed by atoms with Crippen molar-refractivity contribution in [3.8, 4) is 0 Å². The van der Waals surface area contributed by atoms with Gasteiger partial charge in [0, 0.05) is 0 Å². The molecule has 0 saturated carbocycles. The van der Waals surface area contributed by atoms with Crippen LogP contribution < -0.4 is 34.6 Å². The maximum atomic E-state index is 11.7. The average molecular weight is 306 g/mol. The number of nitrogens with zero attached hydrogens (tertiary/aromatic N) is 2. The summed E-state index contributed by atoms with van der Waals surface area (Å²) < 4.78 is 37.5. The molecular weight excluding hydrogens is 295 g/mol. The second kappa shape index (κ2) is 6.68. The molecule has 0 fully saturated rings. The van der Waals surface area contributed by atoms with Crippen molar-refractivity contribution in [2.75, 3.05) is 11.6 Å². The fourth-order valence-electron chi connectivity index (χ4n) is 1.61. The van der Waals surface area contributed by atoms with Gasteiger partial charge in [0.05, 0.1) is 17.2 Å². The maximum absolute atomic E-state index is 11.7. The van der Waals surface area contributed by atoms with Crippen molar-refractivity contribution in [3.05, 3.63) is 24.3 Å². The zero-order valence-corrected chi connectivity index (χ0v) is 13.9. The van der Waals surface area contributed by atoms with Gasteiger partial charge in [-0.25, -0.2) is 8.42 Å². The van der Waals surface area contributed by atoms with Gasteiger partial charge in [-0.3, -0.25) is 4.79 Å². The first kappa shape index (κ1) is 17.1. The zero-order chi connectivity index (χ0) is 14.0. The van der Waals surface area contributed by atoms with Crippen molar-refractivity contribution in [2.45, 2.75) is 18.2 Å². The number of hydrazone groups is 1. The monoisotopic (exact) mass is 306 g/mol. The fraction of sp³-hybridized carbons (Fsp3) is 0.273. The van der Waals surface area contributed by atoms with Gasteiger partial charge in [-0.15, -0.1) is 5.10 Å². The molecule has 0 radical (unpaired) electrons. The van der Waals surface area contributed by atoms with E-state index in [2.05, 4.69) is 5.10 Å². The van der Waals surface area contributed by atoms with E-state index in [9.17, 15) is 17.8 Å². The normalized spacial score (nSPS) is 14.8. The molecule has 0 unspecified atom stereocenters. The minimum Gasteiger partial charge on any atom is -0.744 e. The van der Waals surface area contributed by atoms with Crippen LogP contribution in [0.2, 0.25) is 0 Å². The molecule has 20 heavy (non-hydrogen) atoms. The Balaban J connectivity index is 0.00000200. The Morgan fingerprint density at radius 3 is 2.45 bits per heavy atom. The number of rotatable bonds is 3. The first-order chi connectivity index (χ1) is 8.91. The van der Waals surface area contributed by atoms with Crippen LogP contribution in [0.1, 0.15) is 13.3 Å². The van der Waals surface area contributed by atoms with Crippen molar-refractivity contribution in [2.24, 2.45) is 5.10 Å². The largest absolute Gasteiger partial charge is 1.00 e. The van der Waals surface area contributed by atoms with Gasteiger partial charge in [-0.2, -0.15) is 5.01 Å². The van der Waals surface area contributed by atoms with E-state index in [0.717, 1.165) is 17.1 Å². The summed E-state index contributed by atoms with van der Waals surface area (Å²) in [5.74, 6) is 0.0363. The minimum atomic E-state index is -4.49. The number of anilines is 1. The summed E-state index contributed by atoms with van der Waals surface area (Å²) in [7, 11) is -4.49. The molecular formula is C11H11N2NaO5S. The Kier molecular flexibility index (Phi) is 5.72. The summed E-state index contributed by atoms with van der Waals surface area (Å²) in [6.45, 7) is 2.19. The molecule has 0 spiro atoms. The molecule has 1 aromatic rings. The van der Waals surface area contributed by atoms with E-state index < -0.39 is 10.1 Å². The molecule has 0 aromatic heterocycles. The molecule has 0 N–H and O–H groups in total. The van der Waals surface area contributed by atoms with Crippen molar-refractivity contribution in [1.29, 1.82) is 0 Å². The van der Waals surface area contributed by atoms with E-state index in [1.165, 1.54) is 12.1 Å². The Bertz CT molecular complexity index is 627. The number of amides is 1. The molecule has 9 heteroatoms. The van der Waals surface area contributed by atoms with Crippen LogP contribution >= 0.6 is 0 Å². The average Bonchev–Trinajstić information content (AvgIpc) is 2.70. The summed E-state index contributed by atoms with van der Waals surface area (Å²) in [6.07, 6.45) is 0.0649. The first-order valence-electron chi connectivity index (χ1n) is 5.51. The zero-order valence-electron chi connectivity index (χ0n) is 11.1. The molecule has 1 aromatic carbocycles. The molecule has 0 saturated heterocycles. The molecule has 1 amide bonds. The molecule has 0 atom stereocenters. The third kappa shape index (κ3) is 3.80. The first-order valence-corrected chi connectivity index (χ1v) is 6.92. The van der Waals surface area contributed by atoms with Gasteiger partial charge in [0.2, 0.25) is 5.90 Å². The van der Waals surface area contributed by atoms with Gasteiger partial charge in [-0.1, -0.05) is 0 Å². The standard InChI is InChI=1S/C11H12N2O5S.Na/c1-2-18-10-7-11(14)13(12-10)8-3-5-9(6-4-8)19(15,16)17;/h3-6H,2,7H2,1H3,(H,15,16,17);/q;+1/p-1. The van der Waals surface area contributed by atoms with E-state index in [1.54, 1.807) is 6.92 Å². The summed E-state index contributed by atoms with van der Waals surface area (Å²) in [6, 6.07) is 4.97. The van der Waals surface area contributed by atoms with Crippen LogP contribution in [-0.2, 0) is 19.6 Å². The number of ether oxygens (including phenoxy) is 1.